The fourth-order valence-corrected chi connectivity index (χ4v) is 17.0. The maximum atomic E-state index is 13.7. The first-order valence-electron chi connectivity index (χ1n) is 29.8. The highest BCUT2D eigenvalue weighted by Crippen LogP contribution is 2.62. The molecule has 0 radical (unpaired) electrons. The largest absolute Gasteiger partial charge is 0.502 e. The number of aromatic hydroxyl groups is 1. The molecule has 424 valence electrons. The standard InChI is InChI=1S/C65H78N4O11/c1-37-16-18-40-13-7-10-27-65(40,68-37)80-51-33-49(77-29-28-66-2)42-19-20-43-56-48(67-62(75)59(51)58(42)56)32-50-57(43)60(73)44(36-79-50)39-30-52(76-3)61(74)53(31-39)78-35-41(34-70)64-26-11-15-46(47(64)21-17-38-12-5-6-14-45(38)64)63(24-8-4-9-25-63)69-54(71)22-23-55(69)72/h5-6,12,14,17,21-23,30-33,37,40-41,44,46-47,60,62,66-68,70,73-75H,4,7-11,13,15-16,18-20,24-29,34-36H2,1-3H3. The summed E-state index contributed by atoms with van der Waals surface area (Å²) in [6, 6.07) is 16.0. The molecule has 15 nitrogen and oxygen atoms in total. The van der Waals surface area contributed by atoms with Crippen molar-refractivity contribution >= 4 is 23.6 Å². The SMILES string of the molecule is CNCCOc1cc(OC23CCCCC2CCC(C)N3)c2c3c1CCc1c-3c(cc3c1C(O)C(c1cc(OC)c(O)c(OCC(CO)C45CCCC(C6(N7C(=O)C=CC7=O)CCCCC6)C4C=Cc4ccccc45)c1)CO3)NC2O. The number of phenolic OH excluding ortho intramolecular Hbond substituents is 1. The quantitative estimate of drug-likeness (QED) is 0.0439. The molecule has 2 amide bonds. The van der Waals surface area contributed by atoms with Crippen LogP contribution in [0.3, 0.4) is 0 Å². The Hall–Kier alpha value is -6.10. The van der Waals surface area contributed by atoms with Crippen LogP contribution in [0.4, 0.5) is 5.69 Å². The number of carbonyl (C=O) groups excluding carboxylic acids is 2. The monoisotopic (exact) mass is 1090 g/mol. The number of fused-ring (bicyclic) bond motifs is 6. The maximum Gasteiger partial charge on any atom is 0.254 e. The van der Waals surface area contributed by atoms with Gasteiger partial charge in [-0.3, -0.25) is 19.8 Å². The van der Waals surface area contributed by atoms with Crippen LogP contribution in [0.15, 0.2) is 66.8 Å². The van der Waals surface area contributed by atoms with Gasteiger partial charge in [-0.25, -0.2) is 0 Å². The molecule has 1 saturated heterocycles. The number of aliphatic hydroxyl groups is 3. The molecule has 0 spiro atoms. The summed E-state index contributed by atoms with van der Waals surface area (Å²) in [6.07, 6.45) is 19.4. The number of nitrogens with zero attached hydrogens (tertiary/aromatic N) is 1. The number of benzene rings is 4. The van der Waals surface area contributed by atoms with Gasteiger partial charge in [0, 0.05) is 94.4 Å². The molecule has 4 aromatic rings. The molecule has 4 heterocycles. The Morgan fingerprint density at radius 3 is 2.41 bits per heavy atom. The van der Waals surface area contributed by atoms with Crippen LogP contribution in [-0.2, 0) is 27.8 Å². The van der Waals surface area contributed by atoms with Gasteiger partial charge in [0.25, 0.3) is 11.8 Å². The number of allylic oxidation sites excluding steroid dienone is 1. The van der Waals surface area contributed by atoms with Crippen LogP contribution in [0.5, 0.6) is 34.5 Å². The molecule has 5 aliphatic carbocycles. The molecule has 3 saturated carbocycles. The lowest BCUT2D eigenvalue weighted by molar-refractivity contribution is -0.153. The molecular formula is C65H78N4O11. The van der Waals surface area contributed by atoms with Gasteiger partial charge in [-0.2, -0.15) is 0 Å². The second-order valence-electron chi connectivity index (χ2n) is 24.5. The van der Waals surface area contributed by atoms with Gasteiger partial charge in [-0.15, -0.1) is 0 Å². The van der Waals surface area contributed by atoms with Crippen molar-refractivity contribution in [3.05, 3.63) is 106 Å². The number of ether oxygens (including phenoxy) is 5. The van der Waals surface area contributed by atoms with Crippen molar-refractivity contribution in [2.75, 3.05) is 52.4 Å². The smallest absolute Gasteiger partial charge is 0.254 e. The molecule has 7 N–H and O–H groups in total. The minimum atomic E-state index is -1.08. The Kier molecular flexibility index (Phi) is 14.0. The van der Waals surface area contributed by atoms with Crippen molar-refractivity contribution in [1.29, 1.82) is 0 Å². The van der Waals surface area contributed by atoms with Gasteiger partial charge in [0.05, 0.1) is 44.1 Å². The van der Waals surface area contributed by atoms with Crippen LogP contribution in [-0.4, -0.2) is 102 Å². The van der Waals surface area contributed by atoms with E-state index in [0.717, 1.165) is 129 Å². The van der Waals surface area contributed by atoms with E-state index in [2.05, 4.69) is 47.2 Å². The lowest BCUT2D eigenvalue weighted by atomic mass is 9.47. The van der Waals surface area contributed by atoms with Crippen molar-refractivity contribution in [2.45, 2.75) is 151 Å². The maximum absolute atomic E-state index is 13.7. The summed E-state index contributed by atoms with van der Waals surface area (Å²) in [7, 11) is 3.40. The number of hydrogen-bond donors (Lipinski definition) is 7. The molecule has 9 aliphatic rings. The number of nitrogens with one attached hydrogen (secondary N) is 3. The van der Waals surface area contributed by atoms with Crippen LogP contribution < -0.4 is 39.6 Å². The highest BCUT2D eigenvalue weighted by molar-refractivity contribution is 6.13. The van der Waals surface area contributed by atoms with Crippen LogP contribution >= 0.6 is 0 Å². The third-order valence-corrected chi connectivity index (χ3v) is 20.6. The topological polar surface area (TPSA) is 201 Å². The van der Waals surface area contributed by atoms with Crippen molar-refractivity contribution in [3.8, 4) is 45.6 Å². The average molecular weight is 1090 g/mol. The van der Waals surface area contributed by atoms with Crippen molar-refractivity contribution in [3.63, 3.8) is 0 Å². The fraction of sp³-hybridized carbons (Fsp3) is 0.538. The number of imide groups is 1. The predicted molar refractivity (Wildman–Crippen MR) is 303 cm³/mol. The minimum Gasteiger partial charge on any atom is -0.502 e. The number of amides is 2. The van der Waals surface area contributed by atoms with Crippen molar-refractivity contribution in [2.24, 2.45) is 23.7 Å². The van der Waals surface area contributed by atoms with Crippen LogP contribution in [0, 0.1) is 23.7 Å². The summed E-state index contributed by atoms with van der Waals surface area (Å²) in [5, 5.41) is 59.3. The summed E-state index contributed by atoms with van der Waals surface area (Å²) >= 11 is 0. The van der Waals surface area contributed by atoms with E-state index in [-0.39, 0.29) is 66.8 Å². The number of aliphatic hydroxyl groups excluding tert-OH is 3. The molecule has 10 unspecified atom stereocenters. The molecule has 13 rings (SSSR count). The molecular weight excluding hydrogens is 1010 g/mol. The van der Waals surface area contributed by atoms with Gasteiger partial charge in [0.15, 0.2) is 23.5 Å². The Morgan fingerprint density at radius 2 is 1.61 bits per heavy atom. The van der Waals surface area contributed by atoms with Crippen molar-refractivity contribution < 1.29 is 53.7 Å². The average Bonchev–Trinajstić information content (AvgIpc) is 3.91. The molecule has 4 aromatic carbocycles. The van der Waals surface area contributed by atoms with Gasteiger partial charge in [0.1, 0.15) is 23.9 Å². The normalized spacial score (nSPS) is 29.9. The Morgan fingerprint density at radius 1 is 0.825 bits per heavy atom. The first-order valence-corrected chi connectivity index (χ1v) is 29.8. The highest BCUT2D eigenvalue weighted by atomic mass is 16.5. The number of piperidine rings is 1. The van der Waals surface area contributed by atoms with E-state index < -0.39 is 40.8 Å². The Balaban J connectivity index is 0.844. The summed E-state index contributed by atoms with van der Waals surface area (Å²) in [4.78, 5) is 29.0. The van der Waals surface area contributed by atoms with E-state index in [9.17, 15) is 30.0 Å². The molecule has 80 heavy (non-hydrogen) atoms. The number of carbonyl (C=O) groups is 2. The first-order chi connectivity index (χ1) is 38.9. The summed E-state index contributed by atoms with van der Waals surface area (Å²) in [6.45, 7) is 3.24. The third-order valence-electron chi connectivity index (χ3n) is 20.6. The highest BCUT2D eigenvalue weighted by Gasteiger charge is 2.60. The molecule has 0 aromatic heterocycles. The zero-order chi connectivity index (χ0) is 55.1. The second kappa shape index (κ2) is 21.0. The first kappa shape index (κ1) is 53.2. The van der Waals surface area contributed by atoms with E-state index in [1.165, 1.54) is 19.3 Å². The van der Waals surface area contributed by atoms with E-state index in [1.54, 1.807) is 17.0 Å². The van der Waals surface area contributed by atoms with Gasteiger partial charge >= 0.3 is 0 Å². The van der Waals surface area contributed by atoms with E-state index in [1.807, 2.05) is 31.3 Å². The second-order valence-corrected chi connectivity index (χ2v) is 24.5. The number of likely N-dealkylation sites (N-methyl/N-ethyl adjacent to an activating group) is 1. The number of rotatable bonds is 15. The van der Waals surface area contributed by atoms with E-state index in [4.69, 9.17) is 23.7 Å². The minimum absolute atomic E-state index is 0.0326. The van der Waals surface area contributed by atoms with Gasteiger partial charge in [-0.05, 0) is 124 Å². The van der Waals surface area contributed by atoms with Crippen LogP contribution in [0.25, 0.3) is 17.2 Å². The lowest BCUT2D eigenvalue weighted by Crippen LogP contribution is -2.64. The predicted octanol–water partition coefficient (Wildman–Crippen LogP) is 9.42. The lowest BCUT2D eigenvalue weighted by Gasteiger charge is -2.60. The van der Waals surface area contributed by atoms with Crippen LogP contribution in [0.2, 0.25) is 0 Å². The molecule has 15 heteroatoms. The van der Waals surface area contributed by atoms with Crippen molar-refractivity contribution in [1.82, 2.24) is 15.5 Å². The zero-order valence-electron chi connectivity index (χ0n) is 46.5. The summed E-state index contributed by atoms with van der Waals surface area (Å²) in [5.74, 6) is 0.556. The Labute approximate surface area is 469 Å². The summed E-state index contributed by atoms with van der Waals surface area (Å²) < 4.78 is 33.3. The number of methoxy groups -OCH3 is 1. The molecule has 0 bridgehead atoms. The fourth-order valence-electron chi connectivity index (χ4n) is 17.0. The van der Waals surface area contributed by atoms with Crippen LogP contribution in [0.1, 0.15) is 154 Å². The number of hydrogen-bond acceptors (Lipinski definition) is 14. The molecule has 4 aliphatic heterocycles. The van der Waals surface area contributed by atoms with Gasteiger partial charge < -0.3 is 54.7 Å². The number of anilines is 1. The van der Waals surface area contributed by atoms with Gasteiger partial charge in [0.2, 0.25) is 5.75 Å². The third kappa shape index (κ3) is 8.44. The van der Waals surface area contributed by atoms with Gasteiger partial charge in [-0.1, -0.05) is 68.5 Å². The Bertz CT molecular complexity index is 3130. The zero-order valence-corrected chi connectivity index (χ0v) is 46.5. The molecule has 10 atom stereocenters. The summed E-state index contributed by atoms with van der Waals surface area (Å²) in [5.41, 5.74) is 6.70. The number of phenols is 1. The van der Waals surface area contributed by atoms with E-state index in [0.29, 0.717) is 65.8 Å². The molecule has 4 fully saturated rings. The van der Waals surface area contributed by atoms with E-state index >= 15 is 0 Å².